The Labute approximate surface area is 203 Å². The summed E-state index contributed by atoms with van der Waals surface area (Å²) in [6.45, 7) is 15.2. The molecule has 1 N–H and O–H groups in total. The van der Waals surface area contributed by atoms with Gasteiger partial charge < -0.3 is 0 Å². The van der Waals surface area contributed by atoms with Gasteiger partial charge in [-0.05, 0) is 70.8 Å². The van der Waals surface area contributed by atoms with Crippen molar-refractivity contribution in [2.45, 2.75) is 74.0 Å². The van der Waals surface area contributed by atoms with Gasteiger partial charge in [-0.1, -0.05) is 71.9 Å². The van der Waals surface area contributed by atoms with Crippen LogP contribution in [0.15, 0.2) is 81.4 Å². The molecule has 0 saturated carbocycles. The van der Waals surface area contributed by atoms with Crippen molar-refractivity contribution in [1.29, 1.82) is 0 Å². The monoisotopic (exact) mass is 482 g/mol. The molecule has 0 heterocycles. The zero-order valence-corrected chi connectivity index (χ0v) is 22.6. The van der Waals surface area contributed by atoms with Crippen LogP contribution in [0.3, 0.4) is 0 Å². The van der Waals surface area contributed by atoms with Gasteiger partial charge >= 0.3 is 0 Å². The van der Waals surface area contributed by atoms with E-state index in [4.69, 9.17) is 0 Å². The van der Waals surface area contributed by atoms with Gasteiger partial charge in [-0.15, -0.1) is 0 Å². The molecule has 3 rings (SSSR count). The number of rotatable bonds is 5. The maximum absolute atomic E-state index is 12.2. The molecule has 0 radical (unpaired) electrons. The minimum atomic E-state index is -3.41. The molecule has 0 unspecified atom stereocenters. The molecule has 0 aromatic heterocycles. The number of hydrogen-bond acceptors (Lipinski definition) is 2. The molecule has 5 heteroatoms. The molecule has 3 aromatic rings. The van der Waals surface area contributed by atoms with Crippen LogP contribution in [0.1, 0.15) is 58.2 Å². The predicted molar refractivity (Wildman–Crippen MR) is 142 cm³/mol. The third kappa shape index (κ3) is 6.42. The fraction of sp³-hybridized carbons (Fsp3) is 0.357. The molecule has 0 aliphatic carbocycles. The average molecular weight is 483 g/mol. The van der Waals surface area contributed by atoms with E-state index in [1.807, 2.05) is 13.0 Å². The first-order valence-electron chi connectivity index (χ1n) is 11.2. The summed E-state index contributed by atoms with van der Waals surface area (Å²) in [6, 6.07) is 23.5. The minimum Gasteiger partial charge on any atom is -0.279 e. The maximum Gasteiger partial charge on any atom is 0.229 e. The van der Waals surface area contributed by atoms with E-state index < -0.39 is 20.9 Å². The summed E-state index contributed by atoms with van der Waals surface area (Å²) in [5.74, 6) is 0. The normalized spacial score (nSPS) is 12.8. The Morgan fingerprint density at radius 1 is 0.697 bits per heavy atom. The largest absolute Gasteiger partial charge is 0.279 e. The summed E-state index contributed by atoms with van der Waals surface area (Å²) in [6.07, 6.45) is 1.20. The second-order valence-corrected chi connectivity index (χ2v) is 14.5. The van der Waals surface area contributed by atoms with Crippen LogP contribution in [0, 0.1) is 6.92 Å². The van der Waals surface area contributed by atoms with E-state index in [2.05, 4.69) is 107 Å². The highest BCUT2D eigenvalue weighted by atomic mass is 32.2. The van der Waals surface area contributed by atoms with Crippen molar-refractivity contribution in [3.8, 4) is 0 Å². The van der Waals surface area contributed by atoms with E-state index in [-0.39, 0.29) is 10.8 Å². The summed E-state index contributed by atoms with van der Waals surface area (Å²) in [4.78, 5) is 3.29. The van der Waals surface area contributed by atoms with Crippen LogP contribution in [0.5, 0.6) is 0 Å². The molecule has 3 nitrogen and oxygen atoms in total. The van der Waals surface area contributed by atoms with Crippen molar-refractivity contribution in [1.82, 2.24) is 0 Å². The molecule has 0 fully saturated rings. The Morgan fingerprint density at radius 2 is 1.12 bits per heavy atom. The van der Waals surface area contributed by atoms with Crippen LogP contribution in [0.25, 0.3) is 0 Å². The highest BCUT2D eigenvalue weighted by molar-refractivity contribution is 7.97. The van der Waals surface area contributed by atoms with Gasteiger partial charge in [-0.25, -0.2) is 8.42 Å². The summed E-state index contributed by atoms with van der Waals surface area (Å²) < 4.78 is 27.1. The minimum absolute atomic E-state index is 0.0678. The van der Waals surface area contributed by atoms with Crippen molar-refractivity contribution in [3.63, 3.8) is 0 Å². The Kier molecular flexibility index (Phi) is 7.07. The molecule has 33 heavy (non-hydrogen) atoms. The van der Waals surface area contributed by atoms with E-state index >= 15 is 0 Å². The van der Waals surface area contributed by atoms with Crippen LogP contribution < -0.4 is 4.72 Å². The zero-order valence-electron chi connectivity index (χ0n) is 21.0. The lowest BCUT2D eigenvalue weighted by atomic mass is 9.87. The predicted octanol–water partition coefficient (Wildman–Crippen LogP) is 7.06. The van der Waals surface area contributed by atoms with Gasteiger partial charge in [-0.2, -0.15) is 0 Å². The number of anilines is 1. The van der Waals surface area contributed by atoms with Crippen molar-refractivity contribution in [3.05, 3.63) is 83.4 Å². The molecule has 0 saturated heterocycles. The summed E-state index contributed by atoms with van der Waals surface area (Å²) in [7, 11) is -3.88. The standard InChI is InChI=1S/C28H36NO2S2/c1-20-9-18-26(25(19-20)29-33(8,30)31)32(23-14-10-21(11-15-23)27(2,3)4)24-16-12-22(13-17-24)28(5,6)7/h9-19,29H,1-8H3/q+1. The number of aryl methyl sites for hydroxylation is 1. The van der Waals surface area contributed by atoms with Crippen LogP contribution in [0.4, 0.5) is 5.69 Å². The highest BCUT2D eigenvalue weighted by Crippen LogP contribution is 2.38. The second-order valence-electron chi connectivity index (χ2n) is 10.7. The van der Waals surface area contributed by atoms with Crippen LogP contribution in [-0.4, -0.2) is 14.7 Å². The SMILES string of the molecule is Cc1ccc([S+](c2ccc(C(C)(C)C)cc2)c2ccc(C(C)(C)C)cc2)c(NS(C)(=O)=O)c1. The van der Waals surface area contributed by atoms with Crippen molar-refractivity contribution in [2.24, 2.45) is 0 Å². The van der Waals surface area contributed by atoms with Gasteiger partial charge in [-0.3, -0.25) is 4.72 Å². The molecule has 0 bridgehead atoms. The van der Waals surface area contributed by atoms with Crippen molar-refractivity contribution in [2.75, 3.05) is 11.0 Å². The van der Waals surface area contributed by atoms with Gasteiger partial charge in [0.2, 0.25) is 10.0 Å². The molecule has 0 aliphatic heterocycles. The molecule has 0 aliphatic rings. The van der Waals surface area contributed by atoms with Crippen molar-refractivity contribution >= 4 is 26.6 Å². The zero-order chi connectivity index (χ0) is 24.6. The van der Waals surface area contributed by atoms with Gasteiger partial charge in [0.15, 0.2) is 14.7 Å². The third-order valence-corrected chi connectivity index (χ3v) is 8.44. The number of nitrogens with one attached hydrogen (secondary N) is 1. The average Bonchev–Trinajstić information content (AvgIpc) is 2.68. The molecular formula is C28H36NO2S2+. The van der Waals surface area contributed by atoms with E-state index in [1.54, 1.807) is 0 Å². The lowest BCUT2D eigenvalue weighted by Gasteiger charge is -2.20. The van der Waals surface area contributed by atoms with Gasteiger partial charge in [0.25, 0.3) is 0 Å². The van der Waals surface area contributed by atoms with E-state index in [0.717, 1.165) is 20.2 Å². The second kappa shape index (κ2) is 9.19. The molecule has 0 spiro atoms. The smallest absolute Gasteiger partial charge is 0.229 e. The Hall–Kier alpha value is -2.24. The molecule has 0 amide bonds. The fourth-order valence-corrected chi connectivity index (χ4v) is 6.44. The first kappa shape index (κ1) is 25.4. The topological polar surface area (TPSA) is 46.2 Å². The molecule has 0 atom stereocenters. The van der Waals surface area contributed by atoms with E-state index in [9.17, 15) is 8.42 Å². The van der Waals surface area contributed by atoms with Gasteiger partial charge in [0.1, 0.15) is 16.6 Å². The van der Waals surface area contributed by atoms with Crippen molar-refractivity contribution < 1.29 is 8.42 Å². The van der Waals surface area contributed by atoms with Crippen LogP contribution in [-0.2, 0) is 31.7 Å². The summed E-state index contributed by atoms with van der Waals surface area (Å²) >= 11 is 0. The van der Waals surface area contributed by atoms with Crippen LogP contribution in [0.2, 0.25) is 0 Å². The summed E-state index contributed by atoms with van der Waals surface area (Å²) in [5, 5.41) is 0. The third-order valence-electron chi connectivity index (χ3n) is 5.56. The quantitative estimate of drug-likeness (QED) is 0.396. The Balaban J connectivity index is 2.21. The van der Waals surface area contributed by atoms with E-state index in [1.165, 1.54) is 17.4 Å². The Bertz CT molecular complexity index is 1160. The maximum atomic E-state index is 12.2. The first-order valence-corrected chi connectivity index (χ1v) is 14.3. The number of hydrogen-bond donors (Lipinski definition) is 1. The molecular weight excluding hydrogens is 446 g/mol. The molecule has 3 aromatic carbocycles. The lowest BCUT2D eigenvalue weighted by molar-refractivity contribution is 0.589. The van der Waals surface area contributed by atoms with E-state index in [0.29, 0.717) is 5.69 Å². The lowest BCUT2D eigenvalue weighted by Crippen LogP contribution is -2.16. The summed E-state index contributed by atoms with van der Waals surface area (Å²) in [5.41, 5.74) is 4.34. The Morgan fingerprint density at radius 3 is 1.48 bits per heavy atom. The highest BCUT2D eigenvalue weighted by Gasteiger charge is 2.33. The first-order chi connectivity index (χ1) is 15.1. The van der Waals surface area contributed by atoms with Crippen LogP contribution >= 0.6 is 0 Å². The number of benzene rings is 3. The van der Waals surface area contributed by atoms with Gasteiger partial charge in [0.05, 0.1) is 6.26 Å². The fourth-order valence-electron chi connectivity index (χ4n) is 3.67. The van der Waals surface area contributed by atoms with Gasteiger partial charge in [0, 0.05) is 0 Å². The number of sulfonamides is 1. The molecule has 176 valence electrons.